The second kappa shape index (κ2) is 7.98. The molecule has 1 aliphatic rings. The Bertz CT molecular complexity index is 524. The van der Waals surface area contributed by atoms with E-state index in [1.165, 1.54) is 6.08 Å². The number of aliphatic hydroxyl groups excluding tert-OH is 5. The standard InChI is InChI=1S/C16H24N2O5/c17-11(13(20)9-4-2-1-3-5-9)7-18-12-6-10(8-19)14(21)16(23)15(12)22/h1-6,11-16,18-23H,7-8,17H2/t11?,12-,13+,14-,15?,16+/m1/s1. The number of nitrogens with two attached hydrogens (primary N) is 1. The van der Waals surface area contributed by atoms with E-state index in [1.54, 1.807) is 24.3 Å². The summed E-state index contributed by atoms with van der Waals surface area (Å²) in [5.41, 5.74) is 6.89. The van der Waals surface area contributed by atoms with Gasteiger partial charge in [-0.3, -0.25) is 0 Å². The van der Waals surface area contributed by atoms with Gasteiger partial charge < -0.3 is 36.6 Å². The van der Waals surface area contributed by atoms with Crippen molar-refractivity contribution in [2.75, 3.05) is 13.2 Å². The van der Waals surface area contributed by atoms with Gasteiger partial charge >= 0.3 is 0 Å². The smallest absolute Gasteiger partial charge is 0.111 e. The molecule has 1 aromatic rings. The fourth-order valence-electron chi connectivity index (χ4n) is 2.65. The molecule has 1 aromatic carbocycles. The average Bonchev–Trinajstić information content (AvgIpc) is 2.59. The zero-order chi connectivity index (χ0) is 17.0. The van der Waals surface area contributed by atoms with E-state index >= 15 is 0 Å². The summed E-state index contributed by atoms with van der Waals surface area (Å²) in [6.45, 7) is -0.238. The molecule has 0 radical (unpaired) electrons. The third-order valence-electron chi connectivity index (χ3n) is 4.13. The summed E-state index contributed by atoms with van der Waals surface area (Å²) in [5, 5.41) is 51.8. The molecule has 2 rings (SSSR count). The van der Waals surface area contributed by atoms with Gasteiger partial charge in [-0.05, 0) is 11.1 Å². The van der Waals surface area contributed by atoms with Gasteiger partial charge in [0.05, 0.1) is 18.8 Å². The molecule has 0 spiro atoms. The molecule has 0 amide bonds. The third kappa shape index (κ3) is 4.15. The van der Waals surface area contributed by atoms with E-state index in [4.69, 9.17) is 5.73 Å². The normalized spacial score (nSPS) is 30.6. The van der Waals surface area contributed by atoms with Gasteiger partial charge in [0.15, 0.2) is 0 Å². The van der Waals surface area contributed by atoms with E-state index in [0.29, 0.717) is 5.56 Å². The molecule has 6 atom stereocenters. The molecule has 128 valence electrons. The number of nitrogens with one attached hydrogen (secondary N) is 1. The lowest BCUT2D eigenvalue weighted by Gasteiger charge is -2.35. The minimum Gasteiger partial charge on any atom is -0.392 e. The topological polar surface area (TPSA) is 139 Å². The van der Waals surface area contributed by atoms with Crippen LogP contribution in [0.15, 0.2) is 42.0 Å². The highest BCUT2D eigenvalue weighted by molar-refractivity contribution is 5.22. The Morgan fingerprint density at radius 2 is 1.74 bits per heavy atom. The molecule has 0 heterocycles. The van der Waals surface area contributed by atoms with Crippen molar-refractivity contribution in [1.29, 1.82) is 0 Å². The Morgan fingerprint density at radius 3 is 2.35 bits per heavy atom. The molecule has 0 aromatic heterocycles. The van der Waals surface area contributed by atoms with Gasteiger partial charge in [0.2, 0.25) is 0 Å². The molecule has 0 fully saturated rings. The predicted molar refractivity (Wildman–Crippen MR) is 84.4 cm³/mol. The molecule has 7 heteroatoms. The van der Waals surface area contributed by atoms with E-state index in [2.05, 4.69) is 5.32 Å². The van der Waals surface area contributed by atoms with E-state index in [0.717, 1.165) is 0 Å². The number of benzene rings is 1. The van der Waals surface area contributed by atoms with Crippen molar-refractivity contribution in [3.05, 3.63) is 47.5 Å². The van der Waals surface area contributed by atoms with Gasteiger partial charge in [-0.1, -0.05) is 36.4 Å². The van der Waals surface area contributed by atoms with Crippen LogP contribution >= 0.6 is 0 Å². The summed E-state index contributed by atoms with van der Waals surface area (Å²) in [6.07, 6.45) is -3.32. The molecule has 8 N–H and O–H groups in total. The van der Waals surface area contributed by atoms with Crippen LogP contribution in [0.4, 0.5) is 0 Å². The van der Waals surface area contributed by atoms with Crippen molar-refractivity contribution in [2.24, 2.45) is 5.73 Å². The number of rotatable bonds is 6. The van der Waals surface area contributed by atoms with Crippen LogP contribution in [0.2, 0.25) is 0 Å². The van der Waals surface area contributed by atoms with Gasteiger partial charge in [0, 0.05) is 12.6 Å². The Balaban J connectivity index is 1.98. The minimum atomic E-state index is -1.39. The van der Waals surface area contributed by atoms with Gasteiger partial charge in [-0.25, -0.2) is 0 Å². The van der Waals surface area contributed by atoms with Crippen LogP contribution in [-0.4, -0.2) is 69.1 Å². The van der Waals surface area contributed by atoms with Crippen LogP contribution in [-0.2, 0) is 0 Å². The SMILES string of the molecule is NC(CN[C@@H]1C=C(CO)[C@@H](O)[C@H](O)C1O)[C@@H](O)c1ccccc1. The van der Waals surface area contributed by atoms with Crippen molar-refractivity contribution in [3.63, 3.8) is 0 Å². The molecular weight excluding hydrogens is 300 g/mol. The van der Waals surface area contributed by atoms with Crippen LogP contribution in [0.3, 0.4) is 0 Å². The van der Waals surface area contributed by atoms with Crippen molar-refractivity contribution < 1.29 is 25.5 Å². The fraction of sp³-hybridized carbons (Fsp3) is 0.500. The van der Waals surface area contributed by atoms with Gasteiger partial charge in [-0.15, -0.1) is 0 Å². The van der Waals surface area contributed by atoms with Crippen molar-refractivity contribution in [1.82, 2.24) is 5.32 Å². The predicted octanol–water partition coefficient (Wildman–Crippen LogP) is -1.98. The quantitative estimate of drug-likeness (QED) is 0.301. The van der Waals surface area contributed by atoms with E-state index in [9.17, 15) is 25.5 Å². The minimum absolute atomic E-state index is 0.176. The van der Waals surface area contributed by atoms with Crippen LogP contribution in [0, 0.1) is 0 Å². The number of hydrogen-bond donors (Lipinski definition) is 7. The Morgan fingerprint density at radius 1 is 1.09 bits per heavy atom. The highest BCUT2D eigenvalue weighted by Crippen LogP contribution is 2.20. The lowest BCUT2D eigenvalue weighted by Crippen LogP contribution is -2.56. The summed E-state index contributed by atoms with van der Waals surface area (Å²) in [5.74, 6) is 0. The molecule has 0 bridgehead atoms. The number of hydrogen-bond acceptors (Lipinski definition) is 7. The lowest BCUT2D eigenvalue weighted by molar-refractivity contribution is -0.0645. The summed E-state index contributed by atoms with van der Waals surface area (Å²) < 4.78 is 0. The molecule has 0 aliphatic heterocycles. The van der Waals surface area contributed by atoms with Crippen LogP contribution < -0.4 is 11.1 Å². The van der Waals surface area contributed by atoms with E-state index in [-0.39, 0.29) is 12.1 Å². The summed E-state index contributed by atoms with van der Waals surface area (Å²) in [7, 11) is 0. The van der Waals surface area contributed by atoms with Gasteiger partial charge in [0.1, 0.15) is 18.3 Å². The zero-order valence-corrected chi connectivity index (χ0v) is 12.7. The maximum Gasteiger partial charge on any atom is 0.111 e. The first-order valence-electron chi connectivity index (χ1n) is 7.53. The monoisotopic (exact) mass is 324 g/mol. The summed E-state index contributed by atoms with van der Waals surface area (Å²) in [6, 6.07) is 7.68. The maximum absolute atomic E-state index is 10.2. The second-order valence-corrected chi connectivity index (χ2v) is 5.78. The Kier molecular flexibility index (Phi) is 6.25. The highest BCUT2D eigenvalue weighted by Gasteiger charge is 2.37. The summed E-state index contributed by atoms with van der Waals surface area (Å²) in [4.78, 5) is 0. The second-order valence-electron chi connectivity index (χ2n) is 5.78. The van der Waals surface area contributed by atoms with E-state index in [1.807, 2.05) is 6.07 Å². The van der Waals surface area contributed by atoms with E-state index < -0.39 is 43.1 Å². The molecule has 0 saturated heterocycles. The number of aliphatic hydroxyl groups is 5. The average molecular weight is 324 g/mol. The van der Waals surface area contributed by atoms with Gasteiger partial charge in [-0.2, -0.15) is 0 Å². The largest absolute Gasteiger partial charge is 0.392 e. The first-order valence-corrected chi connectivity index (χ1v) is 7.53. The Hall–Kier alpha value is -1.32. The summed E-state index contributed by atoms with van der Waals surface area (Å²) >= 11 is 0. The molecule has 0 saturated carbocycles. The zero-order valence-electron chi connectivity index (χ0n) is 12.7. The van der Waals surface area contributed by atoms with Crippen molar-refractivity contribution in [3.8, 4) is 0 Å². The fourth-order valence-corrected chi connectivity index (χ4v) is 2.65. The van der Waals surface area contributed by atoms with Crippen LogP contribution in [0.25, 0.3) is 0 Å². The first-order chi connectivity index (χ1) is 11.0. The molecule has 7 nitrogen and oxygen atoms in total. The third-order valence-corrected chi connectivity index (χ3v) is 4.13. The first kappa shape index (κ1) is 18.0. The molecule has 1 aliphatic carbocycles. The molecule has 2 unspecified atom stereocenters. The highest BCUT2D eigenvalue weighted by atomic mass is 16.4. The molecule has 23 heavy (non-hydrogen) atoms. The van der Waals surface area contributed by atoms with Crippen molar-refractivity contribution in [2.45, 2.75) is 36.5 Å². The Labute approximate surface area is 134 Å². The van der Waals surface area contributed by atoms with Crippen LogP contribution in [0.5, 0.6) is 0 Å². The lowest BCUT2D eigenvalue weighted by atomic mass is 9.88. The van der Waals surface area contributed by atoms with Gasteiger partial charge in [0.25, 0.3) is 0 Å². The van der Waals surface area contributed by atoms with Crippen molar-refractivity contribution >= 4 is 0 Å². The molecular formula is C16H24N2O5. The maximum atomic E-state index is 10.2. The van der Waals surface area contributed by atoms with Crippen LogP contribution in [0.1, 0.15) is 11.7 Å².